The Kier molecular flexibility index (Phi) is 11.1. The van der Waals surface area contributed by atoms with E-state index < -0.39 is 5.97 Å². The van der Waals surface area contributed by atoms with Crippen LogP contribution in [0.2, 0.25) is 10.0 Å². The number of carboxylic acids is 1. The second-order valence-corrected chi connectivity index (χ2v) is 12.1. The molecule has 0 atom stereocenters. The number of halogens is 3. The molecule has 3 N–H and O–H groups in total. The van der Waals surface area contributed by atoms with Gasteiger partial charge in [-0.2, -0.15) is 0 Å². The van der Waals surface area contributed by atoms with E-state index in [1.54, 1.807) is 30.3 Å². The standard InChI is InChI=1S/C28H34Cl2IN3O4/c1-28(2,17-31)20-7-9-24(10-8-20)34(27(38)33-23-14-21(29)13-22(30)15-23)16-18-3-5-19(6-4-18)26(37)32-12-11-25(35)36/h3-6,13-15,20,24H,7-12,16-17H2,1-2H3,(H,32,37)(H,33,38)(H,35,36). The van der Waals surface area contributed by atoms with E-state index in [1.807, 2.05) is 17.0 Å². The van der Waals surface area contributed by atoms with Crippen molar-refractivity contribution in [3.05, 3.63) is 63.6 Å². The monoisotopic (exact) mass is 673 g/mol. The maximum atomic E-state index is 13.5. The summed E-state index contributed by atoms with van der Waals surface area (Å²) in [6.45, 7) is 5.08. The minimum absolute atomic E-state index is 0.0639. The van der Waals surface area contributed by atoms with Gasteiger partial charge in [0.2, 0.25) is 0 Å². The van der Waals surface area contributed by atoms with E-state index in [9.17, 15) is 14.4 Å². The lowest BCUT2D eigenvalue weighted by atomic mass is 9.71. The summed E-state index contributed by atoms with van der Waals surface area (Å²) in [4.78, 5) is 38.4. The summed E-state index contributed by atoms with van der Waals surface area (Å²) in [6, 6.07) is 11.8. The van der Waals surface area contributed by atoms with Gasteiger partial charge in [0.15, 0.2) is 0 Å². The Hall–Kier alpha value is -2.04. The van der Waals surface area contributed by atoms with Crippen molar-refractivity contribution in [2.24, 2.45) is 11.3 Å². The zero-order valence-corrected chi connectivity index (χ0v) is 25.3. The van der Waals surface area contributed by atoms with Crippen molar-refractivity contribution in [3.63, 3.8) is 0 Å². The zero-order valence-electron chi connectivity index (χ0n) is 21.6. The number of nitrogens with one attached hydrogen (secondary N) is 2. The van der Waals surface area contributed by atoms with Crippen LogP contribution >= 0.6 is 45.8 Å². The second kappa shape index (κ2) is 13.8. The Balaban J connectivity index is 1.74. The zero-order chi connectivity index (χ0) is 27.9. The van der Waals surface area contributed by atoms with Crippen molar-refractivity contribution < 1.29 is 19.5 Å². The van der Waals surface area contributed by atoms with Gasteiger partial charge in [-0.25, -0.2) is 4.79 Å². The fraction of sp³-hybridized carbons (Fsp3) is 0.464. The van der Waals surface area contributed by atoms with Crippen molar-refractivity contribution in [3.8, 4) is 0 Å². The normalized spacial score (nSPS) is 17.5. The van der Waals surface area contributed by atoms with Gasteiger partial charge in [0.1, 0.15) is 0 Å². The van der Waals surface area contributed by atoms with E-state index in [1.165, 1.54) is 0 Å². The third-order valence-electron chi connectivity index (χ3n) is 7.16. The van der Waals surface area contributed by atoms with Crippen LogP contribution in [0.3, 0.4) is 0 Å². The highest BCUT2D eigenvalue weighted by Gasteiger charge is 2.35. The van der Waals surface area contributed by atoms with E-state index in [2.05, 4.69) is 47.1 Å². The quantitative estimate of drug-likeness (QED) is 0.183. The first-order valence-corrected chi connectivity index (χ1v) is 15.0. The van der Waals surface area contributed by atoms with Crippen LogP contribution in [0.15, 0.2) is 42.5 Å². The van der Waals surface area contributed by atoms with Crippen molar-refractivity contribution in [2.45, 2.75) is 58.5 Å². The molecule has 1 aliphatic carbocycles. The number of anilines is 1. The Labute approximate surface area is 247 Å². The number of carbonyl (C=O) groups excluding carboxylic acids is 2. The van der Waals surface area contributed by atoms with Crippen LogP contribution in [-0.4, -0.2) is 44.9 Å². The molecule has 0 radical (unpaired) electrons. The van der Waals surface area contributed by atoms with Gasteiger partial charge in [-0.05, 0) is 72.9 Å². The number of nitrogens with zero attached hydrogens (tertiary/aromatic N) is 1. The average molecular weight is 674 g/mol. The first-order valence-electron chi connectivity index (χ1n) is 12.7. The van der Waals surface area contributed by atoms with Crippen molar-refractivity contribution >= 4 is 69.4 Å². The molecule has 3 rings (SSSR count). The molecule has 1 saturated carbocycles. The fourth-order valence-electron chi connectivity index (χ4n) is 4.81. The van der Waals surface area contributed by atoms with Gasteiger partial charge < -0.3 is 20.6 Å². The van der Waals surface area contributed by atoms with Crippen molar-refractivity contribution in [2.75, 3.05) is 16.3 Å². The molecule has 206 valence electrons. The molecule has 10 heteroatoms. The van der Waals surface area contributed by atoms with E-state index in [-0.39, 0.29) is 36.4 Å². The minimum atomic E-state index is -0.967. The van der Waals surface area contributed by atoms with Gasteiger partial charge in [-0.1, -0.05) is 71.8 Å². The highest BCUT2D eigenvalue weighted by atomic mass is 127. The van der Waals surface area contributed by atoms with Crippen LogP contribution in [0.4, 0.5) is 10.5 Å². The summed E-state index contributed by atoms with van der Waals surface area (Å²) in [5, 5.41) is 15.2. The second-order valence-electron chi connectivity index (χ2n) is 10.4. The average Bonchev–Trinajstić information content (AvgIpc) is 2.86. The first-order chi connectivity index (χ1) is 18.0. The number of carbonyl (C=O) groups is 3. The highest BCUT2D eigenvalue weighted by Crippen LogP contribution is 2.41. The molecule has 1 fully saturated rings. The molecular formula is C28H34Cl2IN3O4. The van der Waals surface area contributed by atoms with E-state index in [0.717, 1.165) is 35.7 Å². The summed E-state index contributed by atoms with van der Waals surface area (Å²) in [5.74, 6) is -0.682. The number of aliphatic carboxylic acids is 1. The number of carboxylic acid groups (broad SMARTS) is 1. The fourth-order valence-corrected chi connectivity index (χ4v) is 5.96. The molecule has 7 nitrogen and oxygen atoms in total. The Morgan fingerprint density at radius 1 is 1.03 bits per heavy atom. The van der Waals surface area contributed by atoms with Crippen LogP contribution in [0.1, 0.15) is 61.9 Å². The Morgan fingerprint density at radius 3 is 2.18 bits per heavy atom. The minimum Gasteiger partial charge on any atom is -0.481 e. The van der Waals surface area contributed by atoms with Crippen LogP contribution in [0, 0.1) is 11.3 Å². The molecule has 0 bridgehead atoms. The topological polar surface area (TPSA) is 98.7 Å². The van der Waals surface area contributed by atoms with Gasteiger partial charge in [0.05, 0.1) is 6.42 Å². The third-order valence-corrected chi connectivity index (χ3v) is 9.56. The first kappa shape index (κ1) is 30.5. The van der Waals surface area contributed by atoms with Crippen LogP contribution in [0.25, 0.3) is 0 Å². The SMILES string of the molecule is CC(C)(CI)C1CCC(N(Cc2ccc(C(=O)NCCC(=O)O)cc2)C(=O)Nc2cc(Cl)cc(Cl)c2)CC1. The Morgan fingerprint density at radius 2 is 1.63 bits per heavy atom. The molecule has 0 saturated heterocycles. The van der Waals surface area contributed by atoms with Gasteiger partial charge >= 0.3 is 12.0 Å². The molecule has 0 spiro atoms. The van der Waals surface area contributed by atoms with Crippen molar-refractivity contribution in [1.82, 2.24) is 10.2 Å². The smallest absolute Gasteiger partial charge is 0.322 e. The molecule has 2 aromatic carbocycles. The number of rotatable bonds is 10. The molecular weight excluding hydrogens is 640 g/mol. The summed E-state index contributed by atoms with van der Waals surface area (Å²) < 4.78 is 1.09. The number of benzene rings is 2. The molecule has 2 aromatic rings. The maximum absolute atomic E-state index is 13.5. The summed E-state index contributed by atoms with van der Waals surface area (Å²) in [6.07, 6.45) is 3.81. The highest BCUT2D eigenvalue weighted by molar-refractivity contribution is 14.1. The molecule has 0 aliphatic heterocycles. The van der Waals surface area contributed by atoms with Crippen LogP contribution < -0.4 is 10.6 Å². The predicted molar refractivity (Wildman–Crippen MR) is 160 cm³/mol. The summed E-state index contributed by atoms with van der Waals surface area (Å²) in [5.41, 5.74) is 2.12. The third kappa shape index (κ3) is 8.74. The number of hydrogen-bond acceptors (Lipinski definition) is 3. The van der Waals surface area contributed by atoms with Crippen LogP contribution in [0.5, 0.6) is 0 Å². The molecule has 3 amide bonds. The number of alkyl halides is 1. The van der Waals surface area contributed by atoms with Crippen LogP contribution in [-0.2, 0) is 11.3 Å². The molecule has 0 aromatic heterocycles. The lowest BCUT2D eigenvalue weighted by Gasteiger charge is -2.42. The number of amides is 3. The van der Waals surface area contributed by atoms with Gasteiger partial charge in [-0.3, -0.25) is 9.59 Å². The van der Waals surface area contributed by atoms with E-state index >= 15 is 0 Å². The molecule has 0 heterocycles. The Bertz CT molecular complexity index is 1120. The maximum Gasteiger partial charge on any atom is 0.322 e. The predicted octanol–water partition coefficient (Wildman–Crippen LogP) is 7.25. The summed E-state index contributed by atoms with van der Waals surface area (Å²) in [7, 11) is 0. The van der Waals surface area contributed by atoms with E-state index in [0.29, 0.717) is 33.8 Å². The van der Waals surface area contributed by atoms with Crippen molar-refractivity contribution in [1.29, 1.82) is 0 Å². The molecule has 1 aliphatic rings. The summed E-state index contributed by atoms with van der Waals surface area (Å²) >= 11 is 14.7. The number of hydrogen-bond donors (Lipinski definition) is 3. The molecule has 38 heavy (non-hydrogen) atoms. The van der Waals surface area contributed by atoms with E-state index in [4.69, 9.17) is 28.3 Å². The largest absolute Gasteiger partial charge is 0.481 e. The van der Waals surface area contributed by atoms with Gasteiger partial charge in [-0.15, -0.1) is 0 Å². The number of urea groups is 1. The van der Waals surface area contributed by atoms with Gasteiger partial charge in [0.25, 0.3) is 5.91 Å². The molecule has 0 unspecified atom stereocenters. The lowest BCUT2D eigenvalue weighted by molar-refractivity contribution is -0.136. The lowest BCUT2D eigenvalue weighted by Crippen LogP contribution is -2.45. The van der Waals surface area contributed by atoms with Gasteiger partial charge in [0, 0.05) is 44.9 Å².